The van der Waals surface area contributed by atoms with Crippen LogP contribution in [0.4, 0.5) is 0 Å². The Morgan fingerprint density at radius 2 is 1.67 bits per heavy atom. The van der Waals surface area contributed by atoms with Gasteiger partial charge >= 0.3 is 11.9 Å². The average Bonchev–Trinajstić information content (AvgIpc) is 2.62. The van der Waals surface area contributed by atoms with Crippen molar-refractivity contribution in [3.8, 4) is 0 Å². The van der Waals surface area contributed by atoms with Crippen molar-refractivity contribution < 1.29 is 33.3 Å². The monoisotopic (exact) mass is 378 g/mol. The molecular weight excluding hydrogens is 352 g/mol. The highest BCUT2D eigenvalue weighted by atomic mass is 16.7. The molecular formula is C20H26O7. The van der Waals surface area contributed by atoms with Gasteiger partial charge in [0.1, 0.15) is 6.10 Å². The third-order valence-electron chi connectivity index (χ3n) is 3.99. The summed E-state index contributed by atoms with van der Waals surface area (Å²) in [4.78, 5) is 23.2. The second-order valence-corrected chi connectivity index (χ2v) is 6.24. The zero-order chi connectivity index (χ0) is 19.8. The first kappa shape index (κ1) is 21.1. The maximum Gasteiger partial charge on any atom is 0.303 e. The summed E-state index contributed by atoms with van der Waals surface area (Å²) in [5, 5.41) is 0. The van der Waals surface area contributed by atoms with E-state index in [4.69, 9.17) is 23.7 Å². The highest BCUT2D eigenvalue weighted by Gasteiger charge is 2.49. The minimum atomic E-state index is -0.867. The van der Waals surface area contributed by atoms with Gasteiger partial charge in [-0.05, 0) is 12.5 Å². The molecule has 1 heterocycles. The number of hydrogen-bond donors (Lipinski definition) is 0. The Morgan fingerprint density at radius 1 is 1.04 bits per heavy atom. The van der Waals surface area contributed by atoms with Crippen LogP contribution in [0.5, 0.6) is 0 Å². The molecule has 0 N–H and O–H groups in total. The number of benzene rings is 1. The van der Waals surface area contributed by atoms with Crippen molar-refractivity contribution >= 4 is 11.9 Å². The van der Waals surface area contributed by atoms with Crippen LogP contribution in [0.3, 0.4) is 0 Å². The minimum absolute atomic E-state index is 0.230. The Kier molecular flexibility index (Phi) is 7.97. The summed E-state index contributed by atoms with van der Waals surface area (Å²) in [6.45, 7) is 8.41. The van der Waals surface area contributed by atoms with Gasteiger partial charge in [0.15, 0.2) is 18.5 Å². The normalized spacial score (nSPS) is 27.6. The van der Waals surface area contributed by atoms with Gasteiger partial charge in [0.2, 0.25) is 0 Å². The Morgan fingerprint density at radius 3 is 2.26 bits per heavy atom. The van der Waals surface area contributed by atoms with Crippen molar-refractivity contribution in [1.29, 1.82) is 0 Å². The summed E-state index contributed by atoms with van der Waals surface area (Å²) in [7, 11) is 0. The molecule has 1 aliphatic rings. The number of ether oxygens (including phenoxy) is 5. The lowest BCUT2D eigenvalue weighted by Gasteiger charge is -2.43. The molecule has 1 aromatic rings. The van der Waals surface area contributed by atoms with E-state index in [0.717, 1.165) is 5.56 Å². The van der Waals surface area contributed by atoms with Crippen LogP contribution in [0.15, 0.2) is 43.0 Å². The van der Waals surface area contributed by atoms with Gasteiger partial charge in [0.25, 0.3) is 0 Å². The Labute approximate surface area is 159 Å². The van der Waals surface area contributed by atoms with Crippen molar-refractivity contribution in [3.63, 3.8) is 0 Å². The summed E-state index contributed by atoms with van der Waals surface area (Å²) in [5.74, 6) is -1.01. The van der Waals surface area contributed by atoms with E-state index in [1.165, 1.54) is 13.8 Å². The fourth-order valence-electron chi connectivity index (χ4n) is 2.89. The van der Waals surface area contributed by atoms with Gasteiger partial charge in [-0.3, -0.25) is 9.59 Å². The van der Waals surface area contributed by atoms with Gasteiger partial charge in [0.05, 0.1) is 19.3 Å². The van der Waals surface area contributed by atoms with Gasteiger partial charge in [-0.15, -0.1) is 6.58 Å². The van der Waals surface area contributed by atoms with Crippen molar-refractivity contribution in [1.82, 2.24) is 0 Å². The van der Waals surface area contributed by atoms with Crippen molar-refractivity contribution in [2.45, 2.75) is 58.1 Å². The minimum Gasteiger partial charge on any atom is -0.456 e. The lowest BCUT2D eigenvalue weighted by atomic mass is 9.98. The predicted octanol–water partition coefficient (Wildman–Crippen LogP) is 2.38. The fourth-order valence-corrected chi connectivity index (χ4v) is 2.89. The first-order valence-electron chi connectivity index (χ1n) is 8.80. The summed E-state index contributed by atoms with van der Waals surface area (Å²) in [6, 6.07) is 9.53. The predicted molar refractivity (Wildman–Crippen MR) is 96.6 cm³/mol. The SMILES string of the molecule is C=CCO[C@@H]1O[C@@H](C)[C@@H](OC(C)=O)[C@@H](OC(C)=O)[C@@H]1OCc1ccccc1. The molecule has 7 nitrogen and oxygen atoms in total. The molecule has 0 saturated carbocycles. The molecule has 7 heteroatoms. The second kappa shape index (κ2) is 10.2. The number of carbonyl (C=O) groups is 2. The molecule has 0 bridgehead atoms. The van der Waals surface area contributed by atoms with E-state index in [1.807, 2.05) is 30.3 Å². The van der Waals surface area contributed by atoms with E-state index in [9.17, 15) is 9.59 Å². The summed E-state index contributed by atoms with van der Waals surface area (Å²) >= 11 is 0. The first-order chi connectivity index (χ1) is 12.9. The number of carbonyl (C=O) groups excluding carboxylic acids is 2. The molecule has 0 aromatic heterocycles. The number of esters is 2. The molecule has 0 amide bonds. The molecule has 2 rings (SSSR count). The molecule has 5 atom stereocenters. The van der Waals surface area contributed by atoms with Gasteiger partial charge in [0, 0.05) is 13.8 Å². The molecule has 0 unspecified atom stereocenters. The molecule has 0 spiro atoms. The van der Waals surface area contributed by atoms with Crippen LogP contribution >= 0.6 is 0 Å². The van der Waals surface area contributed by atoms with Crippen molar-refractivity contribution in [2.75, 3.05) is 6.61 Å². The zero-order valence-corrected chi connectivity index (χ0v) is 15.8. The van der Waals surface area contributed by atoms with Gasteiger partial charge in [-0.1, -0.05) is 36.4 Å². The molecule has 1 aliphatic heterocycles. The lowest BCUT2D eigenvalue weighted by Crippen LogP contribution is -2.60. The topological polar surface area (TPSA) is 80.3 Å². The van der Waals surface area contributed by atoms with Crippen molar-refractivity contribution in [3.05, 3.63) is 48.6 Å². The maximum atomic E-state index is 11.7. The van der Waals surface area contributed by atoms with Crippen LogP contribution < -0.4 is 0 Å². The summed E-state index contributed by atoms with van der Waals surface area (Å²) in [6.07, 6.45) is -2.23. The third kappa shape index (κ3) is 6.16. The molecule has 148 valence electrons. The number of rotatable bonds is 8. The van der Waals surface area contributed by atoms with E-state index >= 15 is 0 Å². The summed E-state index contributed by atoms with van der Waals surface area (Å²) in [5.41, 5.74) is 0.934. The largest absolute Gasteiger partial charge is 0.456 e. The second-order valence-electron chi connectivity index (χ2n) is 6.24. The van der Waals surface area contributed by atoms with Crippen LogP contribution in [0.25, 0.3) is 0 Å². The van der Waals surface area contributed by atoms with E-state index in [2.05, 4.69) is 6.58 Å². The molecule has 1 aromatic carbocycles. The Hall–Kier alpha value is -2.22. The van der Waals surface area contributed by atoms with E-state index in [1.54, 1.807) is 13.0 Å². The van der Waals surface area contributed by atoms with Gasteiger partial charge in [-0.2, -0.15) is 0 Å². The fraction of sp³-hybridized carbons (Fsp3) is 0.500. The molecule has 1 fully saturated rings. The first-order valence-corrected chi connectivity index (χ1v) is 8.80. The quantitative estimate of drug-likeness (QED) is 0.507. The van der Waals surface area contributed by atoms with Crippen LogP contribution in [0.1, 0.15) is 26.3 Å². The standard InChI is InChI=1S/C20H26O7/c1-5-11-23-20-19(24-12-16-9-7-6-8-10-16)18(27-15(4)22)17(13(2)25-20)26-14(3)21/h5-10,13,17-20H,1,11-12H2,2-4H3/t13-,17+,18+,19-,20+/m0/s1. The van der Waals surface area contributed by atoms with Gasteiger partial charge < -0.3 is 23.7 Å². The van der Waals surface area contributed by atoms with Crippen molar-refractivity contribution in [2.24, 2.45) is 0 Å². The molecule has 0 aliphatic carbocycles. The highest BCUT2D eigenvalue weighted by Crippen LogP contribution is 2.29. The van der Waals surface area contributed by atoms with Crippen LogP contribution in [0, 0.1) is 0 Å². The summed E-state index contributed by atoms with van der Waals surface area (Å²) < 4.78 is 28.3. The third-order valence-corrected chi connectivity index (χ3v) is 3.99. The van der Waals surface area contributed by atoms with Crippen LogP contribution in [-0.2, 0) is 39.9 Å². The van der Waals surface area contributed by atoms with E-state index in [-0.39, 0.29) is 13.2 Å². The van der Waals surface area contributed by atoms with Crippen LogP contribution in [-0.4, -0.2) is 49.3 Å². The molecule has 1 saturated heterocycles. The average molecular weight is 378 g/mol. The van der Waals surface area contributed by atoms with E-state index < -0.39 is 42.6 Å². The molecule has 27 heavy (non-hydrogen) atoms. The number of hydrogen-bond acceptors (Lipinski definition) is 7. The smallest absolute Gasteiger partial charge is 0.303 e. The zero-order valence-electron chi connectivity index (χ0n) is 15.8. The lowest BCUT2D eigenvalue weighted by molar-refractivity contribution is -0.306. The Balaban J connectivity index is 2.25. The Bertz CT molecular complexity index is 630. The van der Waals surface area contributed by atoms with Gasteiger partial charge in [-0.25, -0.2) is 0 Å². The van der Waals surface area contributed by atoms with Crippen LogP contribution in [0.2, 0.25) is 0 Å². The molecule has 0 radical (unpaired) electrons. The maximum absolute atomic E-state index is 11.7. The van der Waals surface area contributed by atoms with E-state index in [0.29, 0.717) is 0 Å². The highest BCUT2D eigenvalue weighted by molar-refractivity contribution is 5.67.